The van der Waals surface area contributed by atoms with Crippen LogP contribution in [0, 0.1) is 0 Å². The Balaban J connectivity index is 1.87. The summed E-state index contributed by atoms with van der Waals surface area (Å²) in [6.07, 6.45) is -0.710. The summed E-state index contributed by atoms with van der Waals surface area (Å²) in [5, 5.41) is 2.23. The van der Waals surface area contributed by atoms with Crippen molar-refractivity contribution in [3.8, 4) is 5.75 Å². The highest BCUT2D eigenvalue weighted by molar-refractivity contribution is 5.93. The molecule has 0 unspecified atom stereocenters. The first-order valence-corrected chi connectivity index (χ1v) is 7.67. The number of hydrogen-bond donors (Lipinski definition) is 2. The standard InChI is InChI=1S/C16H23N3O4/c1-12(15(20)17-16(21)23-3)18-8-10-19(11-9-18)13-4-6-14(22-2)7-5-13/h4-7,12H,8-11H2,1-3H3,(H,17,20,21)/p+1/t12-/m1/s1. The van der Waals surface area contributed by atoms with E-state index in [2.05, 4.69) is 15.0 Å². The van der Waals surface area contributed by atoms with Crippen LogP contribution in [0.15, 0.2) is 24.3 Å². The molecule has 7 nitrogen and oxygen atoms in total. The molecular formula is C16H24N3O4+. The summed E-state index contributed by atoms with van der Waals surface area (Å²) in [5.41, 5.74) is 1.15. The zero-order valence-electron chi connectivity index (χ0n) is 13.8. The molecular weight excluding hydrogens is 298 g/mol. The van der Waals surface area contributed by atoms with Gasteiger partial charge in [0.1, 0.15) is 5.75 Å². The summed E-state index contributed by atoms with van der Waals surface area (Å²) in [6, 6.07) is 7.68. The zero-order valence-corrected chi connectivity index (χ0v) is 13.8. The van der Waals surface area contributed by atoms with Crippen molar-refractivity contribution in [2.75, 3.05) is 45.3 Å². The molecule has 1 atom stereocenters. The number of methoxy groups -OCH3 is 2. The number of quaternary nitrogens is 1. The molecule has 23 heavy (non-hydrogen) atoms. The number of carbonyl (C=O) groups is 2. The lowest BCUT2D eigenvalue weighted by Crippen LogP contribution is -3.19. The second kappa shape index (κ2) is 7.82. The van der Waals surface area contributed by atoms with Gasteiger partial charge < -0.3 is 19.3 Å². The average Bonchev–Trinajstić information content (AvgIpc) is 2.61. The first kappa shape index (κ1) is 17.1. The Kier molecular flexibility index (Phi) is 5.81. The van der Waals surface area contributed by atoms with Crippen LogP contribution in [0.25, 0.3) is 0 Å². The lowest BCUT2D eigenvalue weighted by atomic mass is 10.2. The molecule has 2 N–H and O–H groups in total. The van der Waals surface area contributed by atoms with Crippen LogP contribution in [-0.2, 0) is 9.53 Å². The van der Waals surface area contributed by atoms with Gasteiger partial charge in [-0.1, -0.05) is 0 Å². The topological polar surface area (TPSA) is 72.3 Å². The van der Waals surface area contributed by atoms with Crippen LogP contribution in [0.4, 0.5) is 10.5 Å². The maximum Gasteiger partial charge on any atom is 0.413 e. The Morgan fingerprint density at radius 1 is 1.17 bits per heavy atom. The van der Waals surface area contributed by atoms with Crippen LogP contribution in [0.3, 0.4) is 0 Å². The minimum absolute atomic E-state index is 0.285. The van der Waals surface area contributed by atoms with Crippen molar-refractivity contribution in [1.82, 2.24) is 5.32 Å². The van der Waals surface area contributed by atoms with E-state index in [1.165, 1.54) is 7.11 Å². The van der Waals surface area contributed by atoms with Crippen LogP contribution < -0.4 is 19.9 Å². The van der Waals surface area contributed by atoms with Crippen molar-refractivity contribution in [3.05, 3.63) is 24.3 Å². The first-order valence-electron chi connectivity index (χ1n) is 7.67. The number of piperazine rings is 1. The SMILES string of the molecule is COC(=O)NC(=O)[C@@H](C)[NH+]1CCN(c2ccc(OC)cc2)CC1. The zero-order chi connectivity index (χ0) is 16.8. The van der Waals surface area contributed by atoms with Crippen molar-refractivity contribution in [1.29, 1.82) is 0 Å². The number of anilines is 1. The normalized spacial score (nSPS) is 16.6. The number of alkyl carbamates (subject to hydrolysis) is 1. The fourth-order valence-electron chi connectivity index (χ4n) is 2.72. The van der Waals surface area contributed by atoms with E-state index in [1.807, 2.05) is 31.2 Å². The van der Waals surface area contributed by atoms with Crippen molar-refractivity contribution in [2.24, 2.45) is 0 Å². The van der Waals surface area contributed by atoms with Crippen molar-refractivity contribution < 1.29 is 24.0 Å². The molecule has 7 heteroatoms. The Labute approximate surface area is 136 Å². The number of rotatable bonds is 4. The third kappa shape index (κ3) is 4.35. The summed E-state index contributed by atoms with van der Waals surface area (Å²) < 4.78 is 9.62. The van der Waals surface area contributed by atoms with Crippen LogP contribution in [-0.4, -0.2) is 58.4 Å². The summed E-state index contributed by atoms with van der Waals surface area (Å²) in [6.45, 7) is 5.22. The molecule has 1 aromatic rings. The van der Waals surface area contributed by atoms with E-state index >= 15 is 0 Å². The maximum atomic E-state index is 12.0. The summed E-state index contributed by atoms with van der Waals surface area (Å²) in [4.78, 5) is 26.5. The number of amides is 2. The number of carbonyl (C=O) groups excluding carboxylic acids is 2. The maximum absolute atomic E-state index is 12.0. The molecule has 0 spiro atoms. The van der Waals surface area contributed by atoms with Gasteiger partial charge in [-0.2, -0.15) is 0 Å². The van der Waals surface area contributed by atoms with E-state index in [1.54, 1.807) is 7.11 Å². The van der Waals surface area contributed by atoms with E-state index in [4.69, 9.17) is 4.74 Å². The molecule has 2 amide bonds. The van der Waals surface area contributed by atoms with Gasteiger partial charge in [0.15, 0.2) is 6.04 Å². The van der Waals surface area contributed by atoms with Crippen LogP contribution in [0.1, 0.15) is 6.92 Å². The van der Waals surface area contributed by atoms with Gasteiger partial charge >= 0.3 is 6.09 Å². The number of hydrogen-bond acceptors (Lipinski definition) is 5. The van der Waals surface area contributed by atoms with Gasteiger partial charge in [0, 0.05) is 5.69 Å². The van der Waals surface area contributed by atoms with E-state index in [0.29, 0.717) is 0 Å². The van der Waals surface area contributed by atoms with Gasteiger partial charge in [0.05, 0.1) is 40.4 Å². The number of imide groups is 1. The highest BCUT2D eigenvalue weighted by atomic mass is 16.5. The average molecular weight is 322 g/mol. The van der Waals surface area contributed by atoms with E-state index < -0.39 is 6.09 Å². The van der Waals surface area contributed by atoms with Gasteiger partial charge in [-0.05, 0) is 31.2 Å². The van der Waals surface area contributed by atoms with Crippen molar-refractivity contribution >= 4 is 17.7 Å². The smallest absolute Gasteiger partial charge is 0.413 e. The molecule has 1 heterocycles. The molecule has 1 saturated heterocycles. The number of nitrogens with zero attached hydrogens (tertiary/aromatic N) is 1. The number of ether oxygens (including phenoxy) is 2. The fourth-order valence-corrected chi connectivity index (χ4v) is 2.72. The molecule has 1 fully saturated rings. The quantitative estimate of drug-likeness (QED) is 0.794. The second-order valence-electron chi connectivity index (χ2n) is 5.55. The highest BCUT2D eigenvalue weighted by Crippen LogP contribution is 2.18. The van der Waals surface area contributed by atoms with Crippen LogP contribution in [0.5, 0.6) is 5.75 Å². The largest absolute Gasteiger partial charge is 0.497 e. The molecule has 2 rings (SSSR count). The third-order valence-electron chi connectivity index (χ3n) is 4.26. The van der Waals surface area contributed by atoms with E-state index in [-0.39, 0.29) is 11.9 Å². The predicted octanol–water partition coefficient (Wildman–Crippen LogP) is -0.329. The van der Waals surface area contributed by atoms with Gasteiger partial charge in [-0.3, -0.25) is 10.1 Å². The van der Waals surface area contributed by atoms with Crippen molar-refractivity contribution in [3.63, 3.8) is 0 Å². The predicted molar refractivity (Wildman–Crippen MR) is 85.9 cm³/mol. The molecule has 1 aromatic carbocycles. The van der Waals surface area contributed by atoms with E-state index in [9.17, 15) is 9.59 Å². The number of nitrogens with one attached hydrogen (secondary N) is 2. The Hall–Kier alpha value is -2.28. The Bertz CT molecular complexity index is 539. The molecule has 0 aliphatic carbocycles. The van der Waals surface area contributed by atoms with Crippen LogP contribution in [0.2, 0.25) is 0 Å². The minimum atomic E-state index is -0.710. The van der Waals surface area contributed by atoms with E-state index in [0.717, 1.165) is 42.5 Å². The summed E-state index contributed by atoms with van der Waals surface area (Å²) >= 11 is 0. The van der Waals surface area contributed by atoms with Gasteiger partial charge in [0.25, 0.3) is 5.91 Å². The van der Waals surface area contributed by atoms with Gasteiger partial charge in [-0.15, -0.1) is 0 Å². The molecule has 0 bridgehead atoms. The fraction of sp³-hybridized carbons (Fsp3) is 0.500. The second-order valence-corrected chi connectivity index (χ2v) is 5.55. The molecule has 126 valence electrons. The third-order valence-corrected chi connectivity index (χ3v) is 4.26. The first-order chi connectivity index (χ1) is 11.0. The Morgan fingerprint density at radius 3 is 2.30 bits per heavy atom. The lowest BCUT2D eigenvalue weighted by molar-refractivity contribution is -0.914. The highest BCUT2D eigenvalue weighted by Gasteiger charge is 2.30. The monoisotopic (exact) mass is 322 g/mol. The van der Waals surface area contributed by atoms with Crippen LogP contribution >= 0.6 is 0 Å². The molecule has 0 aromatic heterocycles. The molecule has 0 radical (unpaired) electrons. The molecule has 1 aliphatic rings. The van der Waals surface area contributed by atoms with Gasteiger partial charge in [-0.25, -0.2) is 4.79 Å². The minimum Gasteiger partial charge on any atom is -0.497 e. The Morgan fingerprint density at radius 2 is 1.78 bits per heavy atom. The summed E-state index contributed by atoms with van der Waals surface area (Å²) in [7, 11) is 2.89. The number of benzene rings is 1. The van der Waals surface area contributed by atoms with Gasteiger partial charge in [0.2, 0.25) is 0 Å². The molecule has 1 aliphatic heterocycles. The molecule has 0 saturated carbocycles. The van der Waals surface area contributed by atoms with Crippen molar-refractivity contribution in [2.45, 2.75) is 13.0 Å². The lowest BCUT2D eigenvalue weighted by Gasteiger charge is -2.35. The summed E-state index contributed by atoms with van der Waals surface area (Å²) in [5.74, 6) is 0.538.